The number of amides is 1. The maximum Gasteiger partial charge on any atom is 0.280 e. The zero-order valence-corrected chi connectivity index (χ0v) is 14.6. The molecule has 0 spiro atoms. The summed E-state index contributed by atoms with van der Waals surface area (Å²) in [6.45, 7) is 0.0296. The number of benzene rings is 1. The van der Waals surface area contributed by atoms with Crippen molar-refractivity contribution in [2.45, 2.75) is 5.60 Å². The van der Waals surface area contributed by atoms with Crippen LogP contribution in [-0.2, 0) is 5.60 Å². The van der Waals surface area contributed by atoms with Crippen molar-refractivity contribution in [3.05, 3.63) is 75.8 Å². The lowest BCUT2D eigenvalue weighted by atomic mass is 9.94. The van der Waals surface area contributed by atoms with Crippen LogP contribution in [0.4, 0.5) is 0 Å². The molecule has 0 aliphatic carbocycles. The Bertz CT molecular complexity index is 923. The standard InChI is InChI=1S/C18H14N2O3S2/c21-16(17-20-13-4-1-2-5-14(13)25-17)19-11-18(22,12-7-8-23-10-12)15-6-3-9-24-15/h1-10,22H,11H2,(H,19,21). The quantitative estimate of drug-likeness (QED) is 0.563. The molecule has 7 heteroatoms. The van der Waals surface area contributed by atoms with E-state index in [1.54, 1.807) is 6.07 Å². The smallest absolute Gasteiger partial charge is 0.280 e. The van der Waals surface area contributed by atoms with Gasteiger partial charge in [0.25, 0.3) is 5.91 Å². The predicted molar refractivity (Wildman–Crippen MR) is 98.0 cm³/mol. The Hall–Kier alpha value is -2.48. The summed E-state index contributed by atoms with van der Waals surface area (Å²) in [6, 6.07) is 13.0. The van der Waals surface area contributed by atoms with Crippen LogP contribution in [0.25, 0.3) is 10.2 Å². The van der Waals surface area contributed by atoms with Crippen LogP contribution in [0.3, 0.4) is 0 Å². The average molecular weight is 370 g/mol. The number of nitrogens with zero attached hydrogens (tertiary/aromatic N) is 1. The minimum Gasteiger partial charge on any atom is -0.472 e. The zero-order valence-electron chi connectivity index (χ0n) is 13.0. The van der Waals surface area contributed by atoms with Crippen molar-refractivity contribution < 1.29 is 14.3 Å². The van der Waals surface area contributed by atoms with E-state index in [9.17, 15) is 9.90 Å². The molecule has 0 bridgehead atoms. The highest BCUT2D eigenvalue weighted by Gasteiger charge is 2.34. The summed E-state index contributed by atoms with van der Waals surface area (Å²) in [5.41, 5.74) is 0.0496. The van der Waals surface area contributed by atoms with Crippen LogP contribution >= 0.6 is 22.7 Å². The topological polar surface area (TPSA) is 75.4 Å². The Morgan fingerprint density at radius 3 is 2.84 bits per heavy atom. The summed E-state index contributed by atoms with van der Waals surface area (Å²) in [5.74, 6) is -0.306. The second kappa shape index (κ2) is 6.44. The Kier molecular flexibility index (Phi) is 4.12. The van der Waals surface area contributed by atoms with E-state index < -0.39 is 5.60 Å². The van der Waals surface area contributed by atoms with Crippen molar-refractivity contribution in [3.63, 3.8) is 0 Å². The first-order valence-electron chi connectivity index (χ1n) is 7.59. The Balaban J connectivity index is 1.58. The normalized spacial score (nSPS) is 13.6. The number of aliphatic hydroxyl groups is 1. The summed E-state index contributed by atoms with van der Waals surface area (Å²) in [6.07, 6.45) is 2.99. The Labute approximate surface area is 151 Å². The van der Waals surface area contributed by atoms with Crippen molar-refractivity contribution in [3.8, 4) is 0 Å². The molecular weight excluding hydrogens is 356 g/mol. The Morgan fingerprint density at radius 1 is 1.24 bits per heavy atom. The number of aromatic nitrogens is 1. The minimum absolute atomic E-state index is 0.0296. The summed E-state index contributed by atoms with van der Waals surface area (Å²) >= 11 is 2.75. The number of rotatable bonds is 5. The maximum atomic E-state index is 12.5. The molecule has 5 nitrogen and oxygen atoms in total. The molecule has 25 heavy (non-hydrogen) atoms. The zero-order chi connectivity index (χ0) is 17.3. The molecule has 0 saturated heterocycles. The molecule has 1 atom stereocenters. The van der Waals surface area contributed by atoms with Gasteiger partial charge in [0.15, 0.2) is 5.01 Å². The number of thiazole rings is 1. The second-order valence-electron chi connectivity index (χ2n) is 5.52. The van der Waals surface area contributed by atoms with Crippen molar-refractivity contribution in [2.75, 3.05) is 6.54 Å². The predicted octanol–water partition coefficient (Wildman–Crippen LogP) is 3.62. The van der Waals surface area contributed by atoms with Gasteiger partial charge in [-0.05, 0) is 29.6 Å². The van der Waals surface area contributed by atoms with E-state index in [4.69, 9.17) is 4.42 Å². The monoisotopic (exact) mass is 370 g/mol. The maximum absolute atomic E-state index is 12.5. The minimum atomic E-state index is -1.34. The molecule has 1 unspecified atom stereocenters. The number of thiophene rings is 1. The fourth-order valence-electron chi connectivity index (χ4n) is 2.60. The van der Waals surface area contributed by atoms with Gasteiger partial charge in [-0.2, -0.15) is 0 Å². The molecule has 4 rings (SSSR count). The highest BCUT2D eigenvalue weighted by atomic mass is 32.1. The number of para-hydroxylation sites is 1. The fraction of sp³-hybridized carbons (Fsp3) is 0.111. The van der Waals surface area contributed by atoms with Crippen LogP contribution in [-0.4, -0.2) is 22.5 Å². The van der Waals surface area contributed by atoms with Crippen LogP contribution in [0.5, 0.6) is 0 Å². The summed E-state index contributed by atoms with van der Waals surface area (Å²) in [5, 5.41) is 16.2. The van der Waals surface area contributed by atoms with Gasteiger partial charge >= 0.3 is 0 Å². The van der Waals surface area contributed by atoms with E-state index in [0.717, 1.165) is 15.1 Å². The van der Waals surface area contributed by atoms with Gasteiger partial charge in [-0.15, -0.1) is 22.7 Å². The number of furan rings is 1. The molecule has 2 N–H and O–H groups in total. The lowest BCUT2D eigenvalue weighted by molar-refractivity contribution is 0.0714. The molecule has 0 aliphatic rings. The SMILES string of the molecule is O=C(NCC(O)(c1ccoc1)c1cccs1)c1nc2ccccc2s1. The average Bonchev–Trinajstić information content (AvgIpc) is 3.40. The summed E-state index contributed by atoms with van der Waals surface area (Å²) in [7, 11) is 0. The molecule has 1 aromatic carbocycles. The summed E-state index contributed by atoms with van der Waals surface area (Å²) < 4.78 is 6.07. The third-order valence-electron chi connectivity index (χ3n) is 3.92. The van der Waals surface area contributed by atoms with Crippen LogP contribution in [0.1, 0.15) is 20.2 Å². The van der Waals surface area contributed by atoms with Crippen LogP contribution in [0.15, 0.2) is 64.8 Å². The van der Waals surface area contributed by atoms with E-state index in [2.05, 4.69) is 10.3 Å². The highest BCUT2D eigenvalue weighted by molar-refractivity contribution is 7.20. The first-order chi connectivity index (χ1) is 12.2. The number of fused-ring (bicyclic) bond motifs is 1. The first-order valence-corrected chi connectivity index (χ1v) is 9.29. The van der Waals surface area contributed by atoms with Crippen molar-refractivity contribution in [1.29, 1.82) is 0 Å². The number of carbonyl (C=O) groups is 1. The molecule has 0 saturated carbocycles. The van der Waals surface area contributed by atoms with Gasteiger partial charge in [0.2, 0.25) is 0 Å². The largest absolute Gasteiger partial charge is 0.472 e. The molecule has 3 aromatic heterocycles. The van der Waals surface area contributed by atoms with Gasteiger partial charge in [-0.1, -0.05) is 18.2 Å². The van der Waals surface area contributed by atoms with Crippen LogP contribution in [0.2, 0.25) is 0 Å². The number of carbonyl (C=O) groups excluding carboxylic acids is 1. The van der Waals surface area contributed by atoms with Crippen molar-refractivity contribution in [2.24, 2.45) is 0 Å². The van der Waals surface area contributed by atoms with Gasteiger partial charge in [-0.3, -0.25) is 4.79 Å². The fourth-order valence-corrected chi connectivity index (χ4v) is 4.33. The highest BCUT2D eigenvalue weighted by Crippen LogP contribution is 2.32. The van der Waals surface area contributed by atoms with E-state index >= 15 is 0 Å². The second-order valence-corrected chi connectivity index (χ2v) is 7.50. The lowest BCUT2D eigenvalue weighted by Gasteiger charge is -2.26. The molecule has 1 amide bonds. The number of nitrogens with one attached hydrogen (secondary N) is 1. The first kappa shape index (κ1) is 16.0. The van der Waals surface area contributed by atoms with Gasteiger partial charge in [0.1, 0.15) is 5.60 Å². The van der Waals surface area contributed by atoms with Gasteiger partial charge in [0.05, 0.1) is 29.3 Å². The van der Waals surface area contributed by atoms with Gasteiger partial charge in [-0.25, -0.2) is 4.98 Å². The van der Waals surface area contributed by atoms with Gasteiger partial charge < -0.3 is 14.8 Å². The van der Waals surface area contributed by atoms with E-state index in [-0.39, 0.29) is 12.5 Å². The van der Waals surface area contributed by atoms with Crippen molar-refractivity contribution >= 4 is 38.8 Å². The Morgan fingerprint density at radius 2 is 2.12 bits per heavy atom. The van der Waals surface area contributed by atoms with E-state index in [1.165, 1.54) is 35.2 Å². The van der Waals surface area contributed by atoms with Crippen molar-refractivity contribution in [1.82, 2.24) is 10.3 Å². The molecule has 4 aromatic rings. The van der Waals surface area contributed by atoms with E-state index in [1.807, 2.05) is 41.8 Å². The molecule has 3 heterocycles. The molecule has 0 radical (unpaired) electrons. The van der Waals surface area contributed by atoms with E-state index in [0.29, 0.717) is 10.6 Å². The van der Waals surface area contributed by atoms with Crippen LogP contribution in [0, 0.1) is 0 Å². The number of hydrogen-bond donors (Lipinski definition) is 2. The molecular formula is C18H14N2O3S2. The summed E-state index contributed by atoms with van der Waals surface area (Å²) in [4.78, 5) is 17.6. The van der Waals surface area contributed by atoms with Gasteiger partial charge in [0, 0.05) is 10.4 Å². The number of hydrogen-bond acceptors (Lipinski definition) is 6. The molecule has 126 valence electrons. The molecule has 0 aliphatic heterocycles. The third-order valence-corrected chi connectivity index (χ3v) is 5.98. The third kappa shape index (κ3) is 2.97. The molecule has 0 fully saturated rings. The van der Waals surface area contributed by atoms with Crippen LogP contribution < -0.4 is 5.32 Å². The lowest BCUT2D eigenvalue weighted by Crippen LogP contribution is -2.40.